The summed E-state index contributed by atoms with van der Waals surface area (Å²) < 4.78 is 0. The smallest absolute Gasteiger partial charge is 0.0322 e. The third-order valence-electron chi connectivity index (χ3n) is 2.81. The van der Waals surface area contributed by atoms with Gasteiger partial charge in [0.25, 0.3) is 0 Å². The van der Waals surface area contributed by atoms with E-state index in [1.807, 2.05) is 0 Å². The first-order chi connectivity index (χ1) is 5.33. The Morgan fingerprint density at radius 1 is 1.45 bits per heavy atom. The molecular weight excluding hydrogens is 132 g/mol. The molecule has 1 aliphatic carbocycles. The van der Waals surface area contributed by atoms with E-state index >= 15 is 0 Å². The van der Waals surface area contributed by atoms with Gasteiger partial charge in [-0.3, -0.25) is 0 Å². The molecule has 0 heteroatoms. The highest BCUT2D eigenvalue weighted by molar-refractivity contribution is 4.90. The summed E-state index contributed by atoms with van der Waals surface area (Å²) in [6.45, 7) is 4.67. The quantitative estimate of drug-likeness (QED) is 0.540. The van der Waals surface area contributed by atoms with Crippen molar-refractivity contribution in [2.75, 3.05) is 0 Å². The normalized spacial score (nSPS) is 26.9. The van der Waals surface area contributed by atoms with Crippen LogP contribution in [0.3, 0.4) is 0 Å². The molecule has 0 nitrogen and oxygen atoms in total. The Hall–Kier alpha value is -0.260. The van der Waals surface area contributed by atoms with E-state index in [1.54, 1.807) is 0 Å². The van der Waals surface area contributed by atoms with Gasteiger partial charge in [0.15, 0.2) is 0 Å². The average molecular weight is 152 g/mol. The van der Waals surface area contributed by atoms with Crippen LogP contribution in [0.1, 0.15) is 46.0 Å². The van der Waals surface area contributed by atoms with E-state index in [1.165, 1.54) is 32.1 Å². The molecule has 2 unspecified atom stereocenters. The molecule has 0 saturated heterocycles. The van der Waals surface area contributed by atoms with E-state index in [-0.39, 0.29) is 0 Å². The number of allylic oxidation sites excluding steroid dienone is 2. The first kappa shape index (κ1) is 8.83. The fourth-order valence-electron chi connectivity index (χ4n) is 1.81. The Bertz CT molecular complexity index is 124. The van der Waals surface area contributed by atoms with Crippen molar-refractivity contribution in [2.24, 2.45) is 11.8 Å². The van der Waals surface area contributed by atoms with Crippen molar-refractivity contribution in [1.29, 1.82) is 0 Å². The summed E-state index contributed by atoms with van der Waals surface area (Å²) in [4.78, 5) is 0. The van der Waals surface area contributed by atoms with Crippen molar-refractivity contribution in [1.82, 2.24) is 0 Å². The number of hydrogen-bond donors (Lipinski definition) is 0. The predicted octanol–water partition coefficient (Wildman–Crippen LogP) is 3.78. The van der Waals surface area contributed by atoms with Gasteiger partial charge in [0.05, 0.1) is 0 Å². The maximum atomic E-state index is 2.37. The highest BCUT2D eigenvalue weighted by Gasteiger charge is 2.12. The second-order valence-corrected chi connectivity index (χ2v) is 3.90. The molecule has 2 atom stereocenters. The van der Waals surface area contributed by atoms with E-state index in [4.69, 9.17) is 0 Å². The molecule has 0 aromatic rings. The van der Waals surface area contributed by atoms with Crippen molar-refractivity contribution in [3.8, 4) is 0 Å². The Kier molecular flexibility index (Phi) is 3.68. The molecule has 0 aromatic heterocycles. The van der Waals surface area contributed by atoms with Gasteiger partial charge in [-0.05, 0) is 37.5 Å². The van der Waals surface area contributed by atoms with Crippen LogP contribution < -0.4 is 0 Å². The standard InChI is InChI=1S/C11H20/c1-3-10(2)9-11-7-5-4-6-8-11/h4-5,10-11H,3,6-9H2,1-2H3. The molecule has 1 rings (SSSR count). The minimum absolute atomic E-state index is 0.937. The third-order valence-corrected chi connectivity index (χ3v) is 2.81. The molecule has 0 aromatic carbocycles. The molecule has 0 fully saturated rings. The van der Waals surface area contributed by atoms with Gasteiger partial charge < -0.3 is 0 Å². The zero-order valence-corrected chi connectivity index (χ0v) is 7.84. The molecule has 0 radical (unpaired) electrons. The van der Waals surface area contributed by atoms with Crippen LogP contribution in [-0.4, -0.2) is 0 Å². The van der Waals surface area contributed by atoms with Crippen molar-refractivity contribution < 1.29 is 0 Å². The van der Waals surface area contributed by atoms with Crippen molar-refractivity contribution in [2.45, 2.75) is 46.0 Å². The molecular formula is C11H20. The summed E-state index contributed by atoms with van der Waals surface area (Å²) in [5, 5.41) is 0. The molecule has 0 bridgehead atoms. The van der Waals surface area contributed by atoms with Gasteiger partial charge in [0.1, 0.15) is 0 Å². The average Bonchev–Trinajstić information content (AvgIpc) is 2.06. The molecule has 11 heavy (non-hydrogen) atoms. The Morgan fingerprint density at radius 2 is 2.27 bits per heavy atom. The topological polar surface area (TPSA) is 0 Å². The van der Waals surface area contributed by atoms with Crippen LogP contribution in [0.5, 0.6) is 0 Å². The lowest BCUT2D eigenvalue weighted by Crippen LogP contribution is -2.07. The first-order valence-electron chi connectivity index (χ1n) is 4.98. The molecule has 0 aliphatic heterocycles. The summed E-state index contributed by atoms with van der Waals surface area (Å²) in [5.74, 6) is 1.93. The number of hydrogen-bond acceptors (Lipinski definition) is 0. The summed E-state index contributed by atoms with van der Waals surface area (Å²) in [6.07, 6.45) is 11.6. The molecule has 0 spiro atoms. The molecule has 0 N–H and O–H groups in total. The van der Waals surface area contributed by atoms with Crippen LogP contribution in [0.4, 0.5) is 0 Å². The van der Waals surface area contributed by atoms with Crippen molar-refractivity contribution in [3.05, 3.63) is 12.2 Å². The van der Waals surface area contributed by atoms with E-state index in [9.17, 15) is 0 Å². The van der Waals surface area contributed by atoms with E-state index < -0.39 is 0 Å². The lowest BCUT2D eigenvalue weighted by molar-refractivity contribution is 0.360. The lowest BCUT2D eigenvalue weighted by atomic mass is 9.86. The largest absolute Gasteiger partial charge is 0.0885 e. The SMILES string of the molecule is CCC(C)CC1CC=CCC1. The van der Waals surface area contributed by atoms with Gasteiger partial charge >= 0.3 is 0 Å². The van der Waals surface area contributed by atoms with Crippen LogP contribution >= 0.6 is 0 Å². The van der Waals surface area contributed by atoms with Crippen LogP contribution in [-0.2, 0) is 0 Å². The monoisotopic (exact) mass is 152 g/mol. The summed E-state index contributed by atoms with van der Waals surface area (Å²) in [5.41, 5.74) is 0. The van der Waals surface area contributed by atoms with Crippen LogP contribution in [0.25, 0.3) is 0 Å². The molecule has 0 heterocycles. The molecule has 64 valence electrons. The van der Waals surface area contributed by atoms with E-state index in [0.29, 0.717) is 0 Å². The van der Waals surface area contributed by atoms with Crippen LogP contribution in [0.2, 0.25) is 0 Å². The fourth-order valence-corrected chi connectivity index (χ4v) is 1.81. The third kappa shape index (κ3) is 3.09. The Labute approximate surface area is 70.7 Å². The zero-order valence-electron chi connectivity index (χ0n) is 7.84. The van der Waals surface area contributed by atoms with Gasteiger partial charge in [0, 0.05) is 0 Å². The van der Waals surface area contributed by atoms with Gasteiger partial charge in [0.2, 0.25) is 0 Å². The number of rotatable bonds is 3. The first-order valence-corrected chi connectivity index (χ1v) is 4.98. The highest BCUT2D eigenvalue weighted by Crippen LogP contribution is 2.25. The summed E-state index contributed by atoms with van der Waals surface area (Å²) in [6, 6.07) is 0. The fraction of sp³-hybridized carbons (Fsp3) is 0.818. The van der Waals surface area contributed by atoms with Crippen molar-refractivity contribution >= 4 is 0 Å². The van der Waals surface area contributed by atoms with Crippen molar-refractivity contribution in [3.63, 3.8) is 0 Å². The second kappa shape index (κ2) is 4.58. The molecule has 0 amide bonds. The van der Waals surface area contributed by atoms with Crippen LogP contribution in [0.15, 0.2) is 12.2 Å². The second-order valence-electron chi connectivity index (χ2n) is 3.90. The van der Waals surface area contributed by atoms with Gasteiger partial charge in [-0.1, -0.05) is 32.4 Å². The lowest BCUT2D eigenvalue weighted by Gasteiger charge is -2.20. The summed E-state index contributed by atoms with van der Waals surface area (Å²) in [7, 11) is 0. The minimum atomic E-state index is 0.937. The molecule has 1 aliphatic rings. The molecule has 0 saturated carbocycles. The summed E-state index contributed by atoms with van der Waals surface area (Å²) >= 11 is 0. The minimum Gasteiger partial charge on any atom is -0.0885 e. The van der Waals surface area contributed by atoms with Crippen LogP contribution in [0, 0.1) is 11.8 Å². The Morgan fingerprint density at radius 3 is 2.82 bits per heavy atom. The van der Waals surface area contributed by atoms with E-state index in [2.05, 4.69) is 26.0 Å². The zero-order chi connectivity index (χ0) is 8.10. The highest BCUT2D eigenvalue weighted by atomic mass is 14.2. The van der Waals surface area contributed by atoms with E-state index in [0.717, 1.165) is 11.8 Å². The maximum Gasteiger partial charge on any atom is -0.0322 e. The van der Waals surface area contributed by atoms with Gasteiger partial charge in [-0.2, -0.15) is 0 Å². The Balaban J connectivity index is 2.20. The predicted molar refractivity (Wildman–Crippen MR) is 50.6 cm³/mol. The maximum absolute atomic E-state index is 2.37. The van der Waals surface area contributed by atoms with Gasteiger partial charge in [-0.25, -0.2) is 0 Å². The van der Waals surface area contributed by atoms with Gasteiger partial charge in [-0.15, -0.1) is 0 Å².